The lowest BCUT2D eigenvalue weighted by Gasteiger charge is -2.19. The molecule has 0 aliphatic carbocycles. The SMILES string of the molecule is N#C[C@H](N[C@@H](CO)c1ccccc1)c1ccc(Cl)s1. The van der Waals surface area contributed by atoms with Gasteiger partial charge in [0.1, 0.15) is 6.04 Å². The molecule has 0 aliphatic heterocycles. The minimum Gasteiger partial charge on any atom is -0.394 e. The van der Waals surface area contributed by atoms with Crippen molar-refractivity contribution >= 4 is 22.9 Å². The summed E-state index contributed by atoms with van der Waals surface area (Å²) in [6.07, 6.45) is 0. The van der Waals surface area contributed by atoms with Crippen LogP contribution >= 0.6 is 22.9 Å². The van der Waals surface area contributed by atoms with E-state index < -0.39 is 6.04 Å². The third-order valence-corrected chi connectivity index (χ3v) is 4.06. The van der Waals surface area contributed by atoms with Crippen LogP contribution in [0.1, 0.15) is 22.5 Å². The Balaban J connectivity index is 2.15. The van der Waals surface area contributed by atoms with Gasteiger partial charge in [-0.15, -0.1) is 11.3 Å². The highest BCUT2D eigenvalue weighted by Gasteiger charge is 2.18. The molecule has 3 nitrogen and oxygen atoms in total. The number of halogens is 1. The lowest BCUT2D eigenvalue weighted by molar-refractivity contribution is 0.240. The van der Waals surface area contributed by atoms with E-state index in [4.69, 9.17) is 11.6 Å². The van der Waals surface area contributed by atoms with Crippen LogP contribution in [0.5, 0.6) is 0 Å². The van der Waals surface area contributed by atoms with E-state index in [2.05, 4.69) is 11.4 Å². The van der Waals surface area contributed by atoms with Gasteiger partial charge in [0.15, 0.2) is 0 Å². The van der Waals surface area contributed by atoms with Gasteiger partial charge >= 0.3 is 0 Å². The molecule has 1 heterocycles. The van der Waals surface area contributed by atoms with Gasteiger partial charge in [0, 0.05) is 4.88 Å². The van der Waals surface area contributed by atoms with E-state index in [1.54, 1.807) is 6.07 Å². The van der Waals surface area contributed by atoms with Crippen LogP contribution in [0, 0.1) is 11.3 Å². The smallest absolute Gasteiger partial charge is 0.131 e. The second kappa shape index (κ2) is 6.69. The average Bonchev–Trinajstić information content (AvgIpc) is 2.88. The molecule has 1 aromatic carbocycles. The summed E-state index contributed by atoms with van der Waals surface area (Å²) < 4.78 is 0.650. The fraction of sp³-hybridized carbons (Fsp3) is 0.214. The predicted molar refractivity (Wildman–Crippen MR) is 77.1 cm³/mol. The van der Waals surface area contributed by atoms with Crippen LogP contribution in [0.3, 0.4) is 0 Å². The van der Waals surface area contributed by atoms with E-state index in [9.17, 15) is 10.4 Å². The van der Waals surface area contributed by atoms with Gasteiger partial charge in [-0.1, -0.05) is 41.9 Å². The van der Waals surface area contributed by atoms with Crippen LogP contribution in [0.4, 0.5) is 0 Å². The molecule has 0 fully saturated rings. The number of aliphatic hydroxyl groups excluding tert-OH is 1. The van der Waals surface area contributed by atoms with E-state index in [-0.39, 0.29) is 12.6 Å². The number of benzene rings is 1. The van der Waals surface area contributed by atoms with Crippen molar-refractivity contribution in [2.45, 2.75) is 12.1 Å². The summed E-state index contributed by atoms with van der Waals surface area (Å²) >= 11 is 7.25. The lowest BCUT2D eigenvalue weighted by atomic mass is 10.1. The molecule has 0 saturated carbocycles. The van der Waals surface area contributed by atoms with E-state index in [0.717, 1.165) is 10.4 Å². The van der Waals surface area contributed by atoms with E-state index in [0.29, 0.717) is 4.34 Å². The van der Waals surface area contributed by atoms with Crippen LogP contribution in [0.2, 0.25) is 4.34 Å². The topological polar surface area (TPSA) is 56.0 Å². The largest absolute Gasteiger partial charge is 0.394 e. The normalized spacial score (nSPS) is 13.7. The van der Waals surface area contributed by atoms with Crippen molar-refractivity contribution in [3.8, 4) is 6.07 Å². The van der Waals surface area contributed by atoms with E-state index in [1.165, 1.54) is 11.3 Å². The standard InChI is InChI=1S/C14H13ClN2OS/c15-14-7-6-13(19-14)11(8-16)17-12(9-18)10-4-2-1-3-5-10/h1-7,11-12,17-18H,9H2/t11-,12-/m0/s1. The minimum absolute atomic E-state index is 0.0682. The van der Waals surface area contributed by atoms with Gasteiger partial charge in [0.05, 0.1) is 23.1 Å². The lowest BCUT2D eigenvalue weighted by Crippen LogP contribution is -2.27. The van der Waals surface area contributed by atoms with Crippen molar-refractivity contribution in [1.82, 2.24) is 5.32 Å². The maximum absolute atomic E-state index is 9.48. The summed E-state index contributed by atoms with van der Waals surface area (Å²) in [5.74, 6) is 0. The second-order valence-electron chi connectivity index (χ2n) is 4.02. The summed E-state index contributed by atoms with van der Waals surface area (Å²) in [7, 11) is 0. The van der Waals surface area contributed by atoms with Crippen LogP contribution in [0.25, 0.3) is 0 Å². The first-order valence-corrected chi connectivity index (χ1v) is 7.00. The zero-order valence-electron chi connectivity index (χ0n) is 10.1. The third-order valence-electron chi connectivity index (χ3n) is 2.76. The molecule has 0 unspecified atom stereocenters. The number of hydrogen-bond acceptors (Lipinski definition) is 4. The Hall–Kier alpha value is -1.38. The summed E-state index contributed by atoms with van der Waals surface area (Å²) in [6.45, 7) is -0.0682. The van der Waals surface area contributed by atoms with Crippen LogP contribution < -0.4 is 5.32 Å². The molecule has 0 saturated heterocycles. The monoisotopic (exact) mass is 292 g/mol. The summed E-state index contributed by atoms with van der Waals surface area (Å²) in [5, 5.41) is 21.9. The summed E-state index contributed by atoms with van der Waals surface area (Å²) in [4.78, 5) is 0.849. The van der Waals surface area contributed by atoms with Crippen molar-refractivity contribution in [1.29, 1.82) is 5.26 Å². The molecule has 5 heteroatoms. The summed E-state index contributed by atoms with van der Waals surface area (Å²) in [6, 6.07) is 14.6. The average molecular weight is 293 g/mol. The number of aliphatic hydroxyl groups is 1. The minimum atomic E-state index is -0.477. The van der Waals surface area contributed by atoms with Crippen molar-refractivity contribution in [3.63, 3.8) is 0 Å². The molecule has 2 rings (SSSR count). The molecule has 2 N–H and O–H groups in total. The van der Waals surface area contributed by atoms with Crippen LogP contribution in [-0.2, 0) is 0 Å². The van der Waals surface area contributed by atoms with E-state index >= 15 is 0 Å². The molecule has 0 aliphatic rings. The highest BCUT2D eigenvalue weighted by Crippen LogP contribution is 2.28. The van der Waals surface area contributed by atoms with Gasteiger partial charge in [0.2, 0.25) is 0 Å². The number of rotatable bonds is 5. The first-order chi connectivity index (χ1) is 9.24. The molecule has 1 aromatic heterocycles. The van der Waals surface area contributed by atoms with Crippen LogP contribution in [-0.4, -0.2) is 11.7 Å². The van der Waals surface area contributed by atoms with Crippen molar-refractivity contribution in [2.75, 3.05) is 6.61 Å². The molecular formula is C14H13ClN2OS. The van der Waals surface area contributed by atoms with Gasteiger partial charge in [-0.05, 0) is 17.7 Å². The van der Waals surface area contributed by atoms with Gasteiger partial charge < -0.3 is 5.11 Å². The third kappa shape index (κ3) is 3.55. The maximum Gasteiger partial charge on any atom is 0.131 e. The van der Waals surface area contributed by atoms with Crippen LogP contribution in [0.15, 0.2) is 42.5 Å². The van der Waals surface area contributed by atoms with Crippen molar-refractivity contribution in [2.24, 2.45) is 0 Å². The number of nitrogens with one attached hydrogen (secondary N) is 1. The Bertz CT molecular complexity index is 564. The summed E-state index contributed by atoms with van der Waals surface area (Å²) in [5.41, 5.74) is 0.952. The number of nitriles is 1. The number of hydrogen-bond donors (Lipinski definition) is 2. The highest BCUT2D eigenvalue weighted by molar-refractivity contribution is 7.16. The Labute approximate surface area is 121 Å². The molecule has 19 heavy (non-hydrogen) atoms. The Morgan fingerprint density at radius 3 is 2.53 bits per heavy atom. The second-order valence-corrected chi connectivity index (χ2v) is 5.76. The molecule has 0 radical (unpaired) electrons. The van der Waals surface area contributed by atoms with Crippen molar-refractivity contribution in [3.05, 3.63) is 57.2 Å². The van der Waals surface area contributed by atoms with Gasteiger partial charge in [-0.3, -0.25) is 5.32 Å². The molecule has 98 valence electrons. The van der Waals surface area contributed by atoms with Crippen molar-refractivity contribution < 1.29 is 5.11 Å². The quantitative estimate of drug-likeness (QED) is 0.889. The molecule has 2 atom stereocenters. The molecule has 0 amide bonds. The molecule has 0 spiro atoms. The highest BCUT2D eigenvalue weighted by atomic mass is 35.5. The Kier molecular flexibility index (Phi) is 4.94. The Morgan fingerprint density at radius 1 is 1.26 bits per heavy atom. The number of nitrogens with zero attached hydrogens (tertiary/aromatic N) is 1. The number of thiophene rings is 1. The first kappa shape index (κ1) is 14.0. The van der Waals surface area contributed by atoms with Gasteiger partial charge in [-0.2, -0.15) is 5.26 Å². The van der Waals surface area contributed by atoms with E-state index in [1.807, 2.05) is 36.4 Å². The first-order valence-electron chi connectivity index (χ1n) is 5.81. The Morgan fingerprint density at radius 2 is 2.00 bits per heavy atom. The van der Waals surface area contributed by atoms with Gasteiger partial charge in [-0.25, -0.2) is 0 Å². The molecule has 2 aromatic rings. The molecular weight excluding hydrogens is 280 g/mol. The fourth-order valence-electron chi connectivity index (χ4n) is 1.81. The predicted octanol–water partition coefficient (Wildman–Crippen LogP) is 3.29. The zero-order chi connectivity index (χ0) is 13.7. The fourth-order valence-corrected chi connectivity index (χ4v) is 2.87. The van der Waals surface area contributed by atoms with Gasteiger partial charge in [0.25, 0.3) is 0 Å². The maximum atomic E-state index is 9.48. The molecule has 0 bridgehead atoms. The zero-order valence-corrected chi connectivity index (χ0v) is 11.7.